The van der Waals surface area contributed by atoms with Crippen molar-refractivity contribution in [2.24, 2.45) is 0 Å². The zero-order chi connectivity index (χ0) is 13.1. The fraction of sp³-hybridized carbons (Fsp3) is 0.636. The van der Waals surface area contributed by atoms with Crippen molar-refractivity contribution in [3.63, 3.8) is 0 Å². The summed E-state index contributed by atoms with van der Waals surface area (Å²) >= 11 is 1.15. The number of hydrogen-bond acceptors (Lipinski definition) is 4. The van der Waals surface area contributed by atoms with Crippen LogP contribution in [-0.4, -0.2) is 14.0 Å². The summed E-state index contributed by atoms with van der Waals surface area (Å²) in [5.74, 6) is 0. The zero-order valence-corrected chi connectivity index (χ0v) is 12.1. The Balaban J connectivity index is 3.00. The summed E-state index contributed by atoms with van der Waals surface area (Å²) in [4.78, 5) is 0. The summed E-state index contributed by atoms with van der Waals surface area (Å²) in [6.45, 7) is 5.99. The van der Waals surface area contributed by atoms with Crippen LogP contribution in [0.15, 0.2) is 15.7 Å². The molecular weight excluding hydrogens is 256 g/mol. The Morgan fingerprint density at radius 2 is 1.82 bits per heavy atom. The quantitative estimate of drug-likeness (QED) is 0.838. The number of nitrogens with two attached hydrogens (primary N) is 1. The molecule has 0 bridgehead atoms. The van der Waals surface area contributed by atoms with Crippen LogP contribution in [0.25, 0.3) is 0 Å². The van der Waals surface area contributed by atoms with Crippen LogP contribution in [0.3, 0.4) is 0 Å². The van der Waals surface area contributed by atoms with E-state index >= 15 is 0 Å². The zero-order valence-electron chi connectivity index (χ0n) is 10.5. The monoisotopic (exact) mass is 276 g/mol. The van der Waals surface area contributed by atoms with Crippen molar-refractivity contribution in [3.05, 3.63) is 11.4 Å². The molecule has 1 aromatic rings. The van der Waals surface area contributed by atoms with Gasteiger partial charge in [0.15, 0.2) is 0 Å². The molecule has 0 aliphatic carbocycles. The van der Waals surface area contributed by atoms with Crippen LogP contribution in [0.5, 0.6) is 0 Å². The predicted molar refractivity (Wildman–Crippen MR) is 72.7 cm³/mol. The van der Waals surface area contributed by atoms with Crippen molar-refractivity contribution in [2.75, 3.05) is 5.73 Å². The van der Waals surface area contributed by atoms with E-state index in [1.165, 1.54) is 6.07 Å². The molecule has 1 aromatic heterocycles. The Morgan fingerprint density at radius 3 is 2.18 bits per heavy atom. The second kappa shape index (κ2) is 5.37. The molecule has 0 aliphatic rings. The Hall–Kier alpha value is -0.590. The molecule has 0 unspecified atom stereocenters. The summed E-state index contributed by atoms with van der Waals surface area (Å²) in [6, 6.07) is 1.50. The third kappa shape index (κ3) is 3.20. The molecule has 0 saturated carbocycles. The van der Waals surface area contributed by atoms with Gasteiger partial charge in [-0.15, -0.1) is 11.3 Å². The minimum absolute atomic E-state index is 0.287. The largest absolute Gasteiger partial charge is 0.398 e. The number of sulfonamides is 1. The Labute approximate surface area is 107 Å². The molecule has 0 saturated heterocycles. The van der Waals surface area contributed by atoms with Crippen LogP contribution in [0.2, 0.25) is 0 Å². The number of anilines is 1. The third-order valence-corrected chi connectivity index (χ3v) is 6.28. The van der Waals surface area contributed by atoms with E-state index in [2.05, 4.69) is 4.72 Å². The molecule has 3 N–H and O–H groups in total. The van der Waals surface area contributed by atoms with Crippen LogP contribution in [0.1, 0.15) is 40.0 Å². The van der Waals surface area contributed by atoms with E-state index < -0.39 is 10.0 Å². The number of rotatable bonds is 6. The van der Waals surface area contributed by atoms with Crippen molar-refractivity contribution < 1.29 is 8.42 Å². The second-order valence-electron chi connectivity index (χ2n) is 4.15. The van der Waals surface area contributed by atoms with Gasteiger partial charge in [-0.3, -0.25) is 0 Å². The maximum Gasteiger partial charge on any atom is 0.250 e. The predicted octanol–water partition coefficient (Wildman–Crippen LogP) is 2.58. The SMILES string of the molecule is CCC(CC)(CC)NS(=O)(=O)c1cc(N)cs1. The lowest BCUT2D eigenvalue weighted by molar-refractivity contribution is 0.342. The number of hydrogen-bond donors (Lipinski definition) is 2. The summed E-state index contributed by atoms with van der Waals surface area (Å²) in [6.07, 6.45) is 2.33. The van der Waals surface area contributed by atoms with E-state index in [4.69, 9.17) is 5.73 Å². The highest BCUT2D eigenvalue weighted by Gasteiger charge is 2.30. The highest BCUT2D eigenvalue weighted by atomic mass is 32.2. The van der Waals surface area contributed by atoms with Gasteiger partial charge in [-0.2, -0.15) is 0 Å². The van der Waals surface area contributed by atoms with Crippen LogP contribution in [0, 0.1) is 0 Å². The fourth-order valence-electron chi connectivity index (χ4n) is 1.77. The van der Waals surface area contributed by atoms with E-state index in [0.717, 1.165) is 30.6 Å². The first-order valence-corrected chi connectivity index (χ1v) is 8.13. The highest BCUT2D eigenvalue weighted by Crippen LogP contribution is 2.26. The third-order valence-electron chi connectivity index (χ3n) is 3.24. The van der Waals surface area contributed by atoms with E-state index in [1.54, 1.807) is 5.38 Å². The molecular formula is C11H20N2O2S2. The first kappa shape index (κ1) is 14.5. The van der Waals surface area contributed by atoms with Gasteiger partial charge in [0.25, 0.3) is 10.0 Å². The fourth-order valence-corrected chi connectivity index (χ4v) is 4.47. The molecule has 4 nitrogen and oxygen atoms in total. The van der Waals surface area contributed by atoms with Gasteiger partial charge in [0, 0.05) is 16.6 Å². The lowest BCUT2D eigenvalue weighted by atomic mass is 9.91. The van der Waals surface area contributed by atoms with Gasteiger partial charge >= 0.3 is 0 Å². The van der Waals surface area contributed by atoms with Crippen LogP contribution in [-0.2, 0) is 10.0 Å². The highest BCUT2D eigenvalue weighted by molar-refractivity contribution is 7.91. The first-order valence-electron chi connectivity index (χ1n) is 5.77. The maximum atomic E-state index is 12.2. The molecule has 0 fully saturated rings. The van der Waals surface area contributed by atoms with E-state index in [-0.39, 0.29) is 9.75 Å². The van der Waals surface area contributed by atoms with Gasteiger partial charge in [0.05, 0.1) is 0 Å². The molecule has 1 heterocycles. The molecule has 6 heteroatoms. The summed E-state index contributed by atoms with van der Waals surface area (Å²) in [5.41, 5.74) is 5.70. The average Bonchev–Trinajstić information content (AvgIpc) is 2.74. The average molecular weight is 276 g/mol. The molecule has 0 amide bonds. The molecule has 0 spiro atoms. The molecule has 98 valence electrons. The standard InChI is InChI=1S/C11H20N2O2S2/c1-4-11(5-2,6-3)13-17(14,15)10-7-9(12)8-16-10/h7-8,13H,4-6,12H2,1-3H3. The topological polar surface area (TPSA) is 72.2 Å². The lowest BCUT2D eigenvalue weighted by Crippen LogP contribution is -2.46. The molecule has 0 atom stereocenters. The van der Waals surface area contributed by atoms with E-state index in [0.29, 0.717) is 5.69 Å². The van der Waals surface area contributed by atoms with Crippen LogP contribution < -0.4 is 10.5 Å². The number of nitrogen functional groups attached to an aromatic ring is 1. The molecule has 0 aromatic carbocycles. The van der Waals surface area contributed by atoms with Crippen molar-refractivity contribution in [1.82, 2.24) is 4.72 Å². The number of nitrogens with one attached hydrogen (secondary N) is 1. The molecule has 0 aliphatic heterocycles. The van der Waals surface area contributed by atoms with Gasteiger partial charge < -0.3 is 5.73 Å². The normalized spacial score (nSPS) is 12.9. The molecule has 0 radical (unpaired) electrons. The maximum absolute atomic E-state index is 12.2. The minimum Gasteiger partial charge on any atom is -0.398 e. The van der Waals surface area contributed by atoms with Gasteiger partial charge in [-0.25, -0.2) is 13.1 Å². The van der Waals surface area contributed by atoms with Crippen molar-refractivity contribution in [3.8, 4) is 0 Å². The first-order chi connectivity index (χ1) is 7.89. The minimum atomic E-state index is -3.44. The van der Waals surface area contributed by atoms with Gasteiger partial charge in [0.1, 0.15) is 4.21 Å². The Kier molecular flexibility index (Phi) is 4.57. The van der Waals surface area contributed by atoms with Crippen molar-refractivity contribution in [1.29, 1.82) is 0 Å². The summed E-state index contributed by atoms with van der Waals surface area (Å²) in [5, 5.41) is 1.64. The van der Waals surface area contributed by atoms with Gasteiger partial charge in [-0.05, 0) is 25.3 Å². The van der Waals surface area contributed by atoms with Gasteiger partial charge in [0.2, 0.25) is 0 Å². The van der Waals surface area contributed by atoms with E-state index in [1.807, 2.05) is 20.8 Å². The van der Waals surface area contributed by atoms with Gasteiger partial charge in [-0.1, -0.05) is 20.8 Å². The van der Waals surface area contributed by atoms with Crippen LogP contribution in [0.4, 0.5) is 5.69 Å². The van der Waals surface area contributed by atoms with Crippen LogP contribution >= 0.6 is 11.3 Å². The van der Waals surface area contributed by atoms with E-state index in [9.17, 15) is 8.42 Å². The summed E-state index contributed by atoms with van der Waals surface area (Å²) in [7, 11) is -3.44. The number of thiophene rings is 1. The summed E-state index contributed by atoms with van der Waals surface area (Å²) < 4.78 is 27.5. The lowest BCUT2D eigenvalue weighted by Gasteiger charge is -2.30. The Bertz CT molecular complexity index is 453. The Morgan fingerprint density at radius 1 is 1.29 bits per heavy atom. The smallest absolute Gasteiger partial charge is 0.250 e. The van der Waals surface area contributed by atoms with Crippen molar-refractivity contribution in [2.45, 2.75) is 49.8 Å². The second-order valence-corrected chi connectivity index (χ2v) is 6.97. The molecule has 1 rings (SSSR count). The van der Waals surface area contributed by atoms with Crippen molar-refractivity contribution >= 4 is 27.0 Å². The molecule has 17 heavy (non-hydrogen) atoms.